The Balaban J connectivity index is 1.78. The van der Waals surface area contributed by atoms with Gasteiger partial charge in [0.05, 0.1) is 27.8 Å². The number of anilines is 2. The number of fused-ring (bicyclic) bond motifs is 1. The summed E-state index contributed by atoms with van der Waals surface area (Å²) in [6, 6.07) is 8.54. The van der Waals surface area contributed by atoms with Crippen LogP contribution in [-0.2, 0) is 0 Å². The molecule has 0 aliphatic rings. The van der Waals surface area contributed by atoms with Crippen LogP contribution in [0.15, 0.2) is 35.7 Å². The monoisotopic (exact) mass is 362 g/mol. The van der Waals surface area contributed by atoms with E-state index in [0.717, 1.165) is 10.4 Å². The van der Waals surface area contributed by atoms with Crippen molar-refractivity contribution >= 4 is 44.0 Å². The minimum Gasteiger partial charge on any atom is -0.296 e. The number of nitrogens with one attached hydrogen (secondary N) is 2. The van der Waals surface area contributed by atoms with Gasteiger partial charge >= 0.3 is 0 Å². The van der Waals surface area contributed by atoms with Crippen LogP contribution in [0.1, 0.15) is 16.2 Å². The lowest BCUT2D eigenvalue weighted by atomic mass is 10.3. The molecule has 3 rings (SSSR count). The van der Waals surface area contributed by atoms with Crippen LogP contribution in [0.25, 0.3) is 10.2 Å². The maximum absolute atomic E-state index is 12.2. The van der Waals surface area contributed by atoms with Gasteiger partial charge in [0.2, 0.25) is 5.71 Å². The van der Waals surface area contributed by atoms with E-state index in [-0.39, 0.29) is 11.4 Å². The third-order valence-corrected chi connectivity index (χ3v) is 4.08. The number of hydrazone groups is 1. The van der Waals surface area contributed by atoms with Crippen molar-refractivity contribution in [3.8, 4) is 12.1 Å². The molecule has 0 saturated carbocycles. The fourth-order valence-electron chi connectivity index (χ4n) is 1.92. The number of benzene rings is 1. The highest BCUT2D eigenvalue weighted by atomic mass is 32.1. The minimum atomic E-state index is -0.396. The Morgan fingerprint density at radius 3 is 2.73 bits per heavy atom. The molecule has 0 bridgehead atoms. The maximum Gasteiger partial charge on any atom is 0.277 e. The quantitative estimate of drug-likeness (QED) is 0.536. The van der Waals surface area contributed by atoms with Crippen molar-refractivity contribution in [3.05, 3.63) is 42.0 Å². The molecule has 0 atom stereocenters. The van der Waals surface area contributed by atoms with Crippen molar-refractivity contribution in [3.63, 3.8) is 0 Å². The molecule has 26 heavy (non-hydrogen) atoms. The average molecular weight is 362 g/mol. The topological polar surface area (TPSA) is 140 Å². The average Bonchev–Trinajstić information content (AvgIpc) is 3.04. The van der Waals surface area contributed by atoms with E-state index < -0.39 is 5.91 Å². The first-order valence-corrected chi connectivity index (χ1v) is 8.05. The fourth-order valence-corrected chi connectivity index (χ4v) is 2.76. The summed E-state index contributed by atoms with van der Waals surface area (Å²) in [7, 11) is 0. The zero-order chi connectivity index (χ0) is 18.5. The van der Waals surface area contributed by atoms with E-state index in [1.807, 2.05) is 0 Å². The summed E-state index contributed by atoms with van der Waals surface area (Å²) >= 11 is 1.31. The number of aryl methyl sites for hydroxylation is 1. The highest BCUT2D eigenvalue weighted by Gasteiger charge is 2.11. The molecule has 0 radical (unpaired) electrons. The smallest absolute Gasteiger partial charge is 0.277 e. The van der Waals surface area contributed by atoms with Gasteiger partial charge in [-0.1, -0.05) is 11.3 Å². The molecule has 1 amide bonds. The molecule has 0 spiro atoms. The molecule has 2 aromatic heterocycles. The van der Waals surface area contributed by atoms with E-state index in [1.54, 1.807) is 37.3 Å². The zero-order valence-electron chi connectivity index (χ0n) is 13.4. The molecule has 0 unspecified atom stereocenters. The number of aromatic nitrogens is 3. The van der Waals surface area contributed by atoms with Crippen LogP contribution in [0.4, 0.5) is 10.8 Å². The second-order valence-corrected chi connectivity index (χ2v) is 6.03. The Kier molecular flexibility index (Phi) is 4.78. The van der Waals surface area contributed by atoms with Gasteiger partial charge in [0.25, 0.3) is 5.91 Å². The second-order valence-electron chi connectivity index (χ2n) is 4.99. The highest BCUT2D eigenvalue weighted by Crippen LogP contribution is 2.28. The maximum atomic E-state index is 12.2. The van der Waals surface area contributed by atoms with Crippen molar-refractivity contribution in [2.75, 3.05) is 10.7 Å². The predicted molar refractivity (Wildman–Crippen MR) is 96.6 cm³/mol. The number of rotatable bonds is 4. The number of amides is 1. The summed E-state index contributed by atoms with van der Waals surface area (Å²) in [6.07, 6.45) is 2.92. The number of thiazole rings is 1. The molecule has 3 aromatic rings. The molecule has 0 fully saturated rings. The van der Waals surface area contributed by atoms with E-state index in [1.165, 1.54) is 23.7 Å². The molecule has 2 N–H and O–H groups in total. The number of carbonyl (C=O) groups is 1. The number of nitrogens with zero attached hydrogens (tertiary/aromatic N) is 6. The Morgan fingerprint density at radius 1 is 1.23 bits per heavy atom. The lowest BCUT2D eigenvalue weighted by Crippen LogP contribution is -2.13. The molecule has 0 aliphatic carbocycles. The van der Waals surface area contributed by atoms with E-state index in [9.17, 15) is 4.79 Å². The van der Waals surface area contributed by atoms with Gasteiger partial charge in [0.15, 0.2) is 5.13 Å². The third-order valence-electron chi connectivity index (χ3n) is 3.13. The van der Waals surface area contributed by atoms with Gasteiger partial charge in [-0.3, -0.25) is 20.5 Å². The first-order valence-electron chi connectivity index (χ1n) is 7.23. The van der Waals surface area contributed by atoms with Gasteiger partial charge in [-0.2, -0.15) is 15.6 Å². The summed E-state index contributed by atoms with van der Waals surface area (Å²) in [5.74, 6) is -0.396. The Bertz CT molecular complexity index is 1070. The van der Waals surface area contributed by atoms with Crippen LogP contribution in [0, 0.1) is 29.6 Å². The van der Waals surface area contributed by atoms with Gasteiger partial charge in [-0.05, 0) is 25.1 Å². The number of nitriles is 2. The Morgan fingerprint density at radius 2 is 2.04 bits per heavy atom. The Hall–Kier alpha value is -3.89. The highest BCUT2D eigenvalue weighted by molar-refractivity contribution is 7.22. The summed E-state index contributed by atoms with van der Waals surface area (Å²) < 4.78 is 0.852. The van der Waals surface area contributed by atoms with Crippen molar-refractivity contribution in [1.29, 1.82) is 10.5 Å². The minimum absolute atomic E-state index is 0.201. The molecule has 0 aliphatic heterocycles. The first kappa shape index (κ1) is 17.0. The largest absolute Gasteiger partial charge is 0.296 e. The summed E-state index contributed by atoms with van der Waals surface area (Å²) in [5, 5.41) is 24.1. The van der Waals surface area contributed by atoms with Crippen LogP contribution >= 0.6 is 11.3 Å². The van der Waals surface area contributed by atoms with Gasteiger partial charge < -0.3 is 0 Å². The lowest BCUT2D eigenvalue weighted by Gasteiger charge is -2.00. The van der Waals surface area contributed by atoms with Crippen LogP contribution in [0.3, 0.4) is 0 Å². The molecular weight excluding hydrogens is 352 g/mol. The van der Waals surface area contributed by atoms with E-state index in [4.69, 9.17) is 10.5 Å². The summed E-state index contributed by atoms with van der Waals surface area (Å²) in [4.78, 5) is 24.6. The van der Waals surface area contributed by atoms with Crippen molar-refractivity contribution < 1.29 is 4.79 Å². The van der Waals surface area contributed by atoms with Gasteiger partial charge in [0.1, 0.15) is 17.8 Å². The number of carbonyl (C=O) groups excluding carboxylic acids is 1. The molecule has 0 saturated heterocycles. The van der Waals surface area contributed by atoms with Crippen molar-refractivity contribution in [1.82, 2.24) is 15.0 Å². The molecule has 9 nitrogen and oxygen atoms in total. The molecule has 2 heterocycles. The number of hydrogen-bond donors (Lipinski definition) is 2. The van der Waals surface area contributed by atoms with Crippen LogP contribution in [0.5, 0.6) is 0 Å². The van der Waals surface area contributed by atoms with Crippen LogP contribution in [-0.4, -0.2) is 26.6 Å². The first-order chi connectivity index (χ1) is 12.6. The fraction of sp³-hybridized carbons (Fsp3) is 0.0625. The second kappa shape index (κ2) is 7.34. The van der Waals surface area contributed by atoms with E-state index in [0.29, 0.717) is 16.3 Å². The molecule has 1 aromatic carbocycles. The van der Waals surface area contributed by atoms with E-state index in [2.05, 4.69) is 30.8 Å². The van der Waals surface area contributed by atoms with E-state index >= 15 is 0 Å². The number of hydrogen-bond acceptors (Lipinski definition) is 9. The van der Waals surface area contributed by atoms with Crippen molar-refractivity contribution in [2.24, 2.45) is 5.10 Å². The Labute approximate surface area is 151 Å². The summed E-state index contributed by atoms with van der Waals surface area (Å²) in [5.41, 5.74) is 4.46. The van der Waals surface area contributed by atoms with Crippen LogP contribution in [0.2, 0.25) is 0 Å². The normalized spacial score (nSPS) is 9.81. The van der Waals surface area contributed by atoms with Gasteiger partial charge in [-0.25, -0.2) is 9.97 Å². The van der Waals surface area contributed by atoms with Crippen molar-refractivity contribution in [2.45, 2.75) is 6.92 Å². The molecule has 126 valence electrons. The van der Waals surface area contributed by atoms with Crippen LogP contribution < -0.4 is 10.7 Å². The lowest BCUT2D eigenvalue weighted by molar-refractivity contribution is 0.102. The molecule has 10 heteroatoms. The summed E-state index contributed by atoms with van der Waals surface area (Å²) in [6.45, 7) is 1.79. The van der Waals surface area contributed by atoms with Gasteiger partial charge in [-0.15, -0.1) is 0 Å². The predicted octanol–water partition coefficient (Wildman–Crippen LogP) is 2.46. The zero-order valence-corrected chi connectivity index (χ0v) is 14.2. The molecular formula is C16H10N8OS. The van der Waals surface area contributed by atoms with Gasteiger partial charge in [0, 0.05) is 6.20 Å². The third kappa shape index (κ3) is 3.77. The SMILES string of the molecule is Cc1cnc(C(=O)Nc2nc3cc(NN=C(C#N)C#N)ccc3s2)cn1. The standard InChI is InChI=1S/C16H10N8OS/c1-9-7-20-13(8-19-9)15(25)22-16-21-12-4-10(2-3-14(12)26-16)23-24-11(5-17)6-18/h2-4,7-8,23H,1H3,(H,21,22,25).